The van der Waals surface area contributed by atoms with Crippen LogP contribution < -0.4 is 11.2 Å². The van der Waals surface area contributed by atoms with E-state index in [1.54, 1.807) is 31.2 Å². The van der Waals surface area contributed by atoms with E-state index in [1.165, 1.54) is 10.8 Å². The average Bonchev–Trinajstić information content (AvgIpc) is 2.71. The summed E-state index contributed by atoms with van der Waals surface area (Å²) < 4.78 is 3.16. The van der Waals surface area contributed by atoms with Crippen LogP contribution in [0.4, 0.5) is 0 Å². The number of rotatable bonds is 4. The minimum atomic E-state index is -0.579. The molecule has 0 N–H and O–H groups in total. The van der Waals surface area contributed by atoms with Crippen LogP contribution >= 0.6 is 15.9 Å². The van der Waals surface area contributed by atoms with Gasteiger partial charge >= 0.3 is 5.69 Å². The zero-order valence-electron chi connectivity index (χ0n) is 15.8. The molecule has 7 nitrogen and oxygen atoms in total. The molecule has 0 saturated heterocycles. The van der Waals surface area contributed by atoms with E-state index < -0.39 is 11.2 Å². The summed E-state index contributed by atoms with van der Waals surface area (Å²) in [5.74, 6) is -0.390. The Hall–Kier alpha value is -2.87. The molecule has 0 radical (unpaired) electrons. The van der Waals surface area contributed by atoms with Crippen molar-refractivity contribution >= 4 is 38.5 Å². The predicted molar refractivity (Wildman–Crippen MR) is 112 cm³/mol. The number of aromatic nitrogens is 3. The summed E-state index contributed by atoms with van der Waals surface area (Å²) in [6.45, 7) is 1.70. The molecule has 1 aliphatic carbocycles. The van der Waals surface area contributed by atoms with Gasteiger partial charge in [0.05, 0.1) is 11.9 Å². The van der Waals surface area contributed by atoms with Crippen LogP contribution in [0.3, 0.4) is 0 Å². The van der Waals surface area contributed by atoms with Crippen molar-refractivity contribution < 1.29 is 9.59 Å². The van der Waals surface area contributed by atoms with Crippen LogP contribution in [0.15, 0.2) is 44.5 Å². The fourth-order valence-electron chi connectivity index (χ4n) is 3.78. The van der Waals surface area contributed by atoms with Crippen molar-refractivity contribution in [2.45, 2.75) is 39.3 Å². The Morgan fingerprint density at radius 3 is 2.52 bits per heavy atom. The second-order valence-electron chi connectivity index (χ2n) is 6.97. The first-order valence-corrected chi connectivity index (χ1v) is 10.2. The minimum Gasteiger partial charge on any atom is -0.294 e. The number of ketones is 2. The first-order chi connectivity index (χ1) is 13.9. The normalized spacial score (nSPS) is 13.5. The summed E-state index contributed by atoms with van der Waals surface area (Å²) in [7, 11) is 0. The van der Waals surface area contributed by atoms with Gasteiger partial charge in [0, 0.05) is 34.8 Å². The molecule has 1 aliphatic rings. The Morgan fingerprint density at radius 1 is 1.10 bits per heavy atom. The van der Waals surface area contributed by atoms with E-state index >= 15 is 0 Å². The monoisotopic (exact) mass is 455 g/mol. The molecule has 1 aromatic carbocycles. The van der Waals surface area contributed by atoms with Crippen molar-refractivity contribution in [1.82, 2.24) is 14.1 Å². The summed E-state index contributed by atoms with van der Waals surface area (Å²) in [6.07, 6.45) is 3.09. The van der Waals surface area contributed by atoms with E-state index in [4.69, 9.17) is 0 Å². The van der Waals surface area contributed by atoms with Crippen molar-refractivity contribution in [3.63, 3.8) is 0 Å². The van der Waals surface area contributed by atoms with Crippen molar-refractivity contribution in [2.75, 3.05) is 0 Å². The lowest BCUT2D eigenvalue weighted by molar-refractivity contribution is 0.0961. The lowest BCUT2D eigenvalue weighted by Crippen LogP contribution is -2.42. The molecule has 0 aliphatic heterocycles. The van der Waals surface area contributed by atoms with Gasteiger partial charge in [-0.3, -0.25) is 23.5 Å². The van der Waals surface area contributed by atoms with E-state index in [0.717, 1.165) is 9.04 Å². The van der Waals surface area contributed by atoms with Crippen molar-refractivity contribution in [2.24, 2.45) is 0 Å². The fraction of sp³-hybridized carbons (Fsp3) is 0.286. The molecule has 0 amide bonds. The van der Waals surface area contributed by atoms with E-state index in [-0.39, 0.29) is 29.1 Å². The number of aryl methyl sites for hydroxylation is 2. The summed E-state index contributed by atoms with van der Waals surface area (Å²) in [5, 5.41) is 0.264. The van der Waals surface area contributed by atoms with Gasteiger partial charge in [0.2, 0.25) is 0 Å². The lowest BCUT2D eigenvalue weighted by atomic mass is 9.90. The molecule has 2 aromatic heterocycles. The van der Waals surface area contributed by atoms with Crippen LogP contribution in [0.1, 0.15) is 46.0 Å². The van der Waals surface area contributed by atoms with E-state index in [1.807, 2.05) is 0 Å². The van der Waals surface area contributed by atoms with Crippen LogP contribution in [0.2, 0.25) is 0 Å². The number of carbonyl (C=O) groups excluding carboxylic acids is 2. The number of pyridine rings is 1. The molecular weight excluding hydrogens is 438 g/mol. The number of fused-ring (bicyclic) bond motifs is 3. The molecule has 0 bridgehead atoms. The van der Waals surface area contributed by atoms with Gasteiger partial charge in [-0.05, 0) is 37.5 Å². The zero-order chi connectivity index (χ0) is 20.7. The summed E-state index contributed by atoms with van der Waals surface area (Å²) in [6, 6.07) is 6.73. The van der Waals surface area contributed by atoms with Crippen LogP contribution in [0.25, 0.3) is 11.0 Å². The van der Waals surface area contributed by atoms with Gasteiger partial charge < -0.3 is 0 Å². The maximum absolute atomic E-state index is 13.3. The van der Waals surface area contributed by atoms with E-state index in [0.29, 0.717) is 42.5 Å². The van der Waals surface area contributed by atoms with Crippen LogP contribution in [0, 0.1) is 0 Å². The summed E-state index contributed by atoms with van der Waals surface area (Å²) in [5.41, 5.74) is 0.592. The fourth-order valence-corrected chi connectivity index (χ4v) is 4.05. The highest BCUT2D eigenvalue weighted by Crippen LogP contribution is 2.25. The molecule has 4 rings (SSSR count). The molecule has 2 heterocycles. The third-order valence-electron chi connectivity index (χ3n) is 5.26. The number of halogens is 1. The van der Waals surface area contributed by atoms with Crippen LogP contribution in [-0.2, 0) is 19.5 Å². The Morgan fingerprint density at radius 2 is 1.83 bits per heavy atom. The molecule has 0 fully saturated rings. The number of nitrogens with zero attached hydrogens (tertiary/aromatic N) is 3. The maximum Gasteiger partial charge on any atom is 0.333 e. The molecule has 0 saturated carbocycles. The summed E-state index contributed by atoms with van der Waals surface area (Å²) in [4.78, 5) is 55.4. The van der Waals surface area contributed by atoms with Gasteiger partial charge in [-0.15, -0.1) is 0 Å². The first kappa shape index (κ1) is 19.4. The van der Waals surface area contributed by atoms with E-state index in [9.17, 15) is 19.2 Å². The van der Waals surface area contributed by atoms with Gasteiger partial charge in [-0.1, -0.05) is 28.1 Å². The predicted octanol–water partition coefficient (Wildman–Crippen LogP) is 2.74. The Kier molecular flexibility index (Phi) is 5.04. The van der Waals surface area contributed by atoms with Crippen molar-refractivity contribution in [3.8, 4) is 0 Å². The average molecular weight is 456 g/mol. The molecule has 0 spiro atoms. The SMILES string of the molecule is CCn1c(=O)n(CC(=O)c2ccc(Br)cc2)c(=O)c2c3c(cnc21)C(=O)CCC3. The standard InChI is InChI=1S/C21H18BrN3O4/c1-2-24-19-18(14-4-3-5-16(26)15(14)10-23-19)20(28)25(21(24)29)11-17(27)12-6-8-13(22)9-7-12/h6-10H,2-5,11H2,1H3. The quantitative estimate of drug-likeness (QED) is 0.564. The first-order valence-electron chi connectivity index (χ1n) is 9.39. The van der Waals surface area contributed by atoms with Crippen LogP contribution in [-0.4, -0.2) is 25.7 Å². The third-order valence-corrected chi connectivity index (χ3v) is 5.79. The topological polar surface area (TPSA) is 91.0 Å². The zero-order valence-corrected chi connectivity index (χ0v) is 17.4. The van der Waals surface area contributed by atoms with Gasteiger partial charge in [-0.2, -0.15) is 0 Å². The van der Waals surface area contributed by atoms with Crippen LogP contribution in [0.5, 0.6) is 0 Å². The van der Waals surface area contributed by atoms with Gasteiger partial charge in [0.1, 0.15) is 5.65 Å². The second kappa shape index (κ2) is 7.51. The molecule has 3 aromatic rings. The van der Waals surface area contributed by atoms with Gasteiger partial charge in [0.15, 0.2) is 11.6 Å². The number of hydrogen-bond acceptors (Lipinski definition) is 5. The third kappa shape index (κ3) is 3.27. The molecule has 0 atom stereocenters. The smallest absolute Gasteiger partial charge is 0.294 e. The number of benzene rings is 1. The van der Waals surface area contributed by atoms with Crippen molar-refractivity contribution in [3.05, 3.63) is 72.5 Å². The number of carbonyl (C=O) groups is 2. The van der Waals surface area contributed by atoms with Crippen molar-refractivity contribution in [1.29, 1.82) is 0 Å². The van der Waals surface area contributed by atoms with Gasteiger partial charge in [-0.25, -0.2) is 9.78 Å². The molecular formula is C21H18BrN3O4. The van der Waals surface area contributed by atoms with Gasteiger partial charge in [0.25, 0.3) is 5.56 Å². The Labute approximate surface area is 174 Å². The largest absolute Gasteiger partial charge is 0.333 e. The van der Waals surface area contributed by atoms with E-state index in [2.05, 4.69) is 20.9 Å². The summed E-state index contributed by atoms with van der Waals surface area (Å²) >= 11 is 3.32. The number of Topliss-reactive ketones (excluding diaryl/α,β-unsaturated/α-hetero) is 2. The highest BCUT2D eigenvalue weighted by atomic mass is 79.9. The molecule has 8 heteroatoms. The maximum atomic E-state index is 13.3. The molecule has 29 heavy (non-hydrogen) atoms. The number of hydrogen-bond donors (Lipinski definition) is 0. The molecule has 0 unspecified atom stereocenters. The lowest BCUT2D eigenvalue weighted by Gasteiger charge is -2.18. The molecule has 148 valence electrons. The highest BCUT2D eigenvalue weighted by Gasteiger charge is 2.25. The Balaban J connectivity index is 1.93. The second-order valence-corrected chi connectivity index (χ2v) is 7.89. The Bertz CT molecular complexity index is 1270. The minimum absolute atomic E-state index is 0.0493. The highest BCUT2D eigenvalue weighted by molar-refractivity contribution is 9.10.